The maximum atomic E-state index is 12.1. The van der Waals surface area contributed by atoms with E-state index in [1.807, 2.05) is 18.3 Å². The van der Waals surface area contributed by atoms with Gasteiger partial charge in [0.1, 0.15) is 16.5 Å². The number of aromatic nitrogens is 4. The highest BCUT2D eigenvalue weighted by Gasteiger charge is 2.24. The standard InChI is InChI=1S/C21H27N7O2S.ClH/c1-31(29,30)18-12-16-19(14-4-2-3-5-14)26-21(27-20(16)25-18)24-17-7-6-15(13-23-17)28-10-8-22-9-11-28;/h6-7,12-14,22H,2-5,8-11H2,1H3,(H2,23,24,25,26,27);1H. The van der Waals surface area contributed by atoms with Crippen molar-refractivity contribution in [1.29, 1.82) is 0 Å². The number of nitrogens with one attached hydrogen (secondary N) is 3. The number of pyridine rings is 1. The summed E-state index contributed by atoms with van der Waals surface area (Å²) in [4.78, 5) is 19.2. The molecule has 2 aliphatic rings. The van der Waals surface area contributed by atoms with Gasteiger partial charge in [0.05, 0.1) is 17.6 Å². The molecule has 0 unspecified atom stereocenters. The third-order valence-corrected chi connectivity index (χ3v) is 7.12. The van der Waals surface area contributed by atoms with E-state index in [1.54, 1.807) is 6.07 Å². The van der Waals surface area contributed by atoms with Crippen LogP contribution in [0.1, 0.15) is 37.3 Å². The summed E-state index contributed by atoms with van der Waals surface area (Å²) in [5.74, 6) is 1.40. The molecule has 0 bridgehead atoms. The topological polar surface area (TPSA) is 116 Å². The van der Waals surface area contributed by atoms with Crippen molar-refractivity contribution in [3.63, 3.8) is 0 Å². The Labute approximate surface area is 193 Å². The van der Waals surface area contributed by atoms with E-state index in [2.05, 4.69) is 30.5 Å². The van der Waals surface area contributed by atoms with Gasteiger partial charge in [0.25, 0.3) is 0 Å². The molecule has 0 atom stereocenters. The van der Waals surface area contributed by atoms with E-state index in [1.165, 1.54) is 6.26 Å². The Morgan fingerprint density at radius 2 is 1.88 bits per heavy atom. The summed E-state index contributed by atoms with van der Waals surface area (Å²) in [6.45, 7) is 3.88. The van der Waals surface area contributed by atoms with E-state index < -0.39 is 9.84 Å². The van der Waals surface area contributed by atoms with Crippen molar-refractivity contribution in [2.75, 3.05) is 42.7 Å². The average molecular weight is 478 g/mol. The number of rotatable bonds is 5. The molecule has 0 amide bonds. The molecule has 1 saturated carbocycles. The second-order valence-electron chi connectivity index (χ2n) is 8.35. The number of halogens is 1. The molecule has 0 radical (unpaired) electrons. The normalized spacial score (nSPS) is 17.5. The molecule has 2 fully saturated rings. The minimum absolute atomic E-state index is 0. The van der Waals surface area contributed by atoms with Gasteiger partial charge < -0.3 is 20.5 Å². The molecule has 4 heterocycles. The number of piperazine rings is 1. The van der Waals surface area contributed by atoms with Crippen LogP contribution in [-0.4, -0.2) is 60.8 Å². The maximum absolute atomic E-state index is 12.1. The Hall–Kier alpha value is -2.43. The molecule has 5 rings (SSSR count). The predicted molar refractivity (Wildman–Crippen MR) is 128 cm³/mol. The summed E-state index contributed by atoms with van der Waals surface area (Å²) in [5.41, 5.74) is 2.54. The molecule has 11 heteroatoms. The van der Waals surface area contributed by atoms with Crippen molar-refractivity contribution in [3.05, 3.63) is 30.1 Å². The van der Waals surface area contributed by atoms with E-state index in [0.717, 1.165) is 68.6 Å². The minimum atomic E-state index is -3.36. The smallest absolute Gasteiger partial charge is 0.230 e. The summed E-state index contributed by atoms with van der Waals surface area (Å²) in [6, 6.07) is 5.65. The molecule has 172 valence electrons. The number of hydrogen-bond donors (Lipinski definition) is 3. The van der Waals surface area contributed by atoms with Crippen LogP contribution < -0.4 is 15.5 Å². The number of anilines is 3. The third-order valence-electron chi connectivity index (χ3n) is 6.10. The molecule has 0 aromatic carbocycles. The van der Waals surface area contributed by atoms with Gasteiger partial charge in [-0.15, -0.1) is 12.4 Å². The lowest BCUT2D eigenvalue weighted by atomic mass is 10.0. The van der Waals surface area contributed by atoms with E-state index >= 15 is 0 Å². The van der Waals surface area contributed by atoms with E-state index in [4.69, 9.17) is 4.98 Å². The Kier molecular flexibility index (Phi) is 6.55. The van der Waals surface area contributed by atoms with Crippen molar-refractivity contribution in [1.82, 2.24) is 25.3 Å². The Bertz CT molecular complexity index is 1180. The van der Waals surface area contributed by atoms with Crippen molar-refractivity contribution in [2.45, 2.75) is 36.6 Å². The zero-order valence-corrected chi connectivity index (χ0v) is 19.6. The van der Waals surface area contributed by atoms with Crippen LogP contribution in [0.15, 0.2) is 29.4 Å². The van der Waals surface area contributed by atoms with Gasteiger partial charge >= 0.3 is 0 Å². The lowest BCUT2D eigenvalue weighted by Gasteiger charge is -2.29. The summed E-state index contributed by atoms with van der Waals surface area (Å²) in [5, 5.41) is 7.52. The van der Waals surface area contributed by atoms with Crippen molar-refractivity contribution < 1.29 is 8.42 Å². The van der Waals surface area contributed by atoms with Gasteiger partial charge in [0, 0.05) is 43.7 Å². The number of aromatic amines is 1. The number of H-pyrrole nitrogens is 1. The fourth-order valence-corrected chi connectivity index (χ4v) is 5.07. The minimum Gasteiger partial charge on any atom is -0.368 e. The van der Waals surface area contributed by atoms with E-state index in [9.17, 15) is 8.42 Å². The van der Waals surface area contributed by atoms with Gasteiger partial charge in [-0.3, -0.25) is 0 Å². The zero-order chi connectivity index (χ0) is 21.4. The van der Waals surface area contributed by atoms with Crippen molar-refractivity contribution >= 4 is 50.7 Å². The summed E-state index contributed by atoms with van der Waals surface area (Å²) in [7, 11) is -3.36. The monoisotopic (exact) mass is 477 g/mol. The van der Waals surface area contributed by atoms with Gasteiger partial charge in [-0.2, -0.15) is 4.98 Å². The highest BCUT2D eigenvalue weighted by Crippen LogP contribution is 2.37. The number of nitrogens with zero attached hydrogens (tertiary/aromatic N) is 4. The first-order valence-electron chi connectivity index (χ1n) is 10.8. The maximum Gasteiger partial charge on any atom is 0.230 e. The highest BCUT2D eigenvalue weighted by atomic mass is 35.5. The molecule has 3 N–H and O–H groups in total. The molecule has 32 heavy (non-hydrogen) atoms. The first-order chi connectivity index (χ1) is 15.0. The fraction of sp³-hybridized carbons (Fsp3) is 0.476. The fourth-order valence-electron chi connectivity index (χ4n) is 4.46. The summed E-state index contributed by atoms with van der Waals surface area (Å²) in [6.07, 6.45) is 7.50. The van der Waals surface area contributed by atoms with Crippen LogP contribution in [0.3, 0.4) is 0 Å². The van der Waals surface area contributed by atoms with Crippen LogP contribution in [0.2, 0.25) is 0 Å². The van der Waals surface area contributed by atoms with Crippen LogP contribution in [0.25, 0.3) is 11.0 Å². The Morgan fingerprint density at radius 3 is 2.53 bits per heavy atom. The lowest BCUT2D eigenvalue weighted by molar-refractivity contribution is 0.589. The second kappa shape index (κ2) is 9.21. The lowest BCUT2D eigenvalue weighted by Crippen LogP contribution is -2.43. The largest absolute Gasteiger partial charge is 0.368 e. The van der Waals surface area contributed by atoms with Crippen LogP contribution in [0.4, 0.5) is 17.5 Å². The molecule has 1 aliphatic carbocycles. The number of sulfone groups is 1. The summed E-state index contributed by atoms with van der Waals surface area (Å²) < 4.78 is 24.1. The zero-order valence-electron chi connectivity index (χ0n) is 18.0. The van der Waals surface area contributed by atoms with Gasteiger partial charge in [-0.05, 0) is 31.0 Å². The molecular formula is C21H28ClN7O2S. The van der Waals surface area contributed by atoms with Crippen LogP contribution in [0, 0.1) is 0 Å². The van der Waals surface area contributed by atoms with Crippen LogP contribution in [-0.2, 0) is 9.84 Å². The number of hydrogen-bond acceptors (Lipinski definition) is 8. The first kappa shape index (κ1) is 22.8. The molecule has 9 nitrogen and oxygen atoms in total. The van der Waals surface area contributed by atoms with Crippen molar-refractivity contribution in [3.8, 4) is 0 Å². The molecular weight excluding hydrogens is 450 g/mol. The van der Waals surface area contributed by atoms with Crippen molar-refractivity contribution in [2.24, 2.45) is 0 Å². The SMILES string of the molecule is CS(=O)(=O)c1cc2c(C3CCCC3)nc(Nc3ccc(N4CCNCC4)cn3)nc2[nH]1.Cl. The molecule has 0 spiro atoms. The van der Waals surface area contributed by atoms with E-state index in [-0.39, 0.29) is 17.4 Å². The van der Waals surface area contributed by atoms with E-state index in [0.29, 0.717) is 23.3 Å². The molecule has 3 aromatic rings. The number of fused-ring (bicyclic) bond motifs is 1. The molecule has 3 aromatic heterocycles. The van der Waals surface area contributed by atoms with Gasteiger partial charge in [-0.25, -0.2) is 18.4 Å². The van der Waals surface area contributed by atoms with Gasteiger partial charge in [-0.1, -0.05) is 12.8 Å². The van der Waals surface area contributed by atoms with Gasteiger partial charge in [0.15, 0.2) is 9.84 Å². The second-order valence-corrected chi connectivity index (χ2v) is 10.3. The predicted octanol–water partition coefficient (Wildman–Crippen LogP) is 2.99. The quantitative estimate of drug-likeness (QED) is 0.513. The Morgan fingerprint density at radius 1 is 1.12 bits per heavy atom. The molecule has 1 aliphatic heterocycles. The van der Waals surface area contributed by atoms with Crippen LogP contribution >= 0.6 is 12.4 Å². The van der Waals surface area contributed by atoms with Gasteiger partial charge in [0.2, 0.25) is 5.95 Å². The average Bonchev–Trinajstić information content (AvgIpc) is 3.44. The Balaban J connectivity index is 0.00000245. The van der Waals surface area contributed by atoms with Crippen LogP contribution in [0.5, 0.6) is 0 Å². The highest BCUT2D eigenvalue weighted by molar-refractivity contribution is 7.90. The molecule has 1 saturated heterocycles. The first-order valence-corrected chi connectivity index (χ1v) is 12.7. The summed E-state index contributed by atoms with van der Waals surface area (Å²) >= 11 is 0. The third kappa shape index (κ3) is 4.67.